The summed E-state index contributed by atoms with van der Waals surface area (Å²) in [5.41, 5.74) is 0.692. The number of esters is 1. The van der Waals surface area contributed by atoms with E-state index in [-0.39, 0.29) is 22.7 Å². The number of carbonyl (C=O) groups excluding carboxylic acids is 2. The summed E-state index contributed by atoms with van der Waals surface area (Å²) < 4.78 is 10.2. The van der Waals surface area contributed by atoms with Gasteiger partial charge < -0.3 is 9.15 Å². The third kappa shape index (κ3) is 2.96. The highest BCUT2D eigenvalue weighted by Gasteiger charge is 2.20. The van der Waals surface area contributed by atoms with Crippen LogP contribution in [-0.4, -0.2) is 33.7 Å². The zero-order valence-corrected chi connectivity index (χ0v) is 13.2. The van der Waals surface area contributed by atoms with E-state index in [0.717, 1.165) is 0 Å². The van der Waals surface area contributed by atoms with Crippen molar-refractivity contribution in [2.45, 2.75) is 13.8 Å². The van der Waals surface area contributed by atoms with Crippen LogP contribution in [0, 0.1) is 6.92 Å². The molecule has 0 aromatic carbocycles. The van der Waals surface area contributed by atoms with Crippen LogP contribution in [0.15, 0.2) is 9.80 Å². The summed E-state index contributed by atoms with van der Waals surface area (Å²) in [5.74, 6) is -0.212. The molecule has 0 atom stereocenters. The van der Waals surface area contributed by atoms with Gasteiger partial charge in [-0.1, -0.05) is 15.9 Å². The fourth-order valence-electron chi connectivity index (χ4n) is 1.45. The molecule has 0 N–H and O–H groups in total. The van der Waals surface area contributed by atoms with Gasteiger partial charge in [0.25, 0.3) is 5.89 Å². The second-order valence-electron chi connectivity index (χ2n) is 3.74. The van der Waals surface area contributed by atoms with E-state index < -0.39 is 5.97 Å². The number of ether oxygens (including phenoxy) is 1. The number of carbonyl (C=O) groups is 2. The van der Waals surface area contributed by atoms with Crippen LogP contribution < -0.4 is 0 Å². The molecule has 0 aliphatic heterocycles. The molecule has 0 bridgehead atoms. The molecule has 2 rings (SSSR count). The highest BCUT2D eigenvalue weighted by molar-refractivity contribution is 9.09. The lowest BCUT2D eigenvalue weighted by molar-refractivity contribution is 0.0520. The van der Waals surface area contributed by atoms with Crippen molar-refractivity contribution < 1.29 is 18.7 Å². The maximum Gasteiger partial charge on any atom is 0.357 e. The molecule has 0 radical (unpaired) electrons. The number of aromatic nitrogens is 2. The molecule has 0 aliphatic carbocycles. The number of hydrogen-bond acceptors (Lipinski definition) is 7. The third-order valence-corrected chi connectivity index (χ3v) is 3.71. The summed E-state index contributed by atoms with van der Waals surface area (Å²) >= 11 is 4.30. The third-order valence-electron chi connectivity index (χ3n) is 2.35. The highest BCUT2D eigenvalue weighted by Crippen LogP contribution is 2.27. The molecule has 6 nitrogen and oxygen atoms in total. The van der Waals surface area contributed by atoms with Gasteiger partial charge in [-0.05, 0) is 13.8 Å². The van der Waals surface area contributed by atoms with Crippen molar-refractivity contribution in [3.63, 3.8) is 0 Å². The fraction of sp³-hybridized carbons (Fsp3) is 0.333. The number of alkyl halides is 1. The molecule has 0 fully saturated rings. The second kappa shape index (κ2) is 6.27. The molecular formula is C12H11BrN2O4S. The smallest absolute Gasteiger partial charge is 0.357 e. The molecule has 0 amide bonds. The van der Waals surface area contributed by atoms with Crippen molar-refractivity contribution in [3.8, 4) is 10.7 Å². The monoisotopic (exact) mass is 358 g/mol. The van der Waals surface area contributed by atoms with Crippen molar-refractivity contribution in [1.82, 2.24) is 9.97 Å². The summed E-state index contributed by atoms with van der Waals surface area (Å²) in [5, 5.41) is 2.24. The van der Waals surface area contributed by atoms with Crippen LogP contribution in [0.25, 0.3) is 10.7 Å². The number of oxazole rings is 1. The molecule has 2 aromatic rings. The highest BCUT2D eigenvalue weighted by atomic mass is 79.9. The van der Waals surface area contributed by atoms with E-state index in [1.54, 1.807) is 19.2 Å². The number of thiazole rings is 1. The van der Waals surface area contributed by atoms with Gasteiger partial charge in [-0.25, -0.2) is 14.8 Å². The Morgan fingerprint density at radius 1 is 1.45 bits per heavy atom. The first-order valence-electron chi connectivity index (χ1n) is 5.76. The van der Waals surface area contributed by atoms with Gasteiger partial charge in [-0.2, -0.15) is 0 Å². The SMILES string of the molecule is CCOC(=O)c1csc(-c2nc(C(=O)CBr)oc2C)n1. The van der Waals surface area contributed by atoms with Crippen LogP contribution in [0.5, 0.6) is 0 Å². The van der Waals surface area contributed by atoms with E-state index in [2.05, 4.69) is 25.9 Å². The van der Waals surface area contributed by atoms with Gasteiger partial charge in [0.2, 0.25) is 5.78 Å². The summed E-state index contributed by atoms with van der Waals surface area (Å²) in [6, 6.07) is 0. The Hall–Kier alpha value is -1.54. The molecule has 106 valence electrons. The molecule has 2 heterocycles. The Balaban J connectivity index is 2.30. The molecule has 20 heavy (non-hydrogen) atoms. The first kappa shape index (κ1) is 14.9. The van der Waals surface area contributed by atoms with E-state index in [0.29, 0.717) is 23.1 Å². The molecular weight excluding hydrogens is 348 g/mol. The largest absolute Gasteiger partial charge is 0.461 e. The Morgan fingerprint density at radius 3 is 2.85 bits per heavy atom. The minimum atomic E-state index is -0.479. The van der Waals surface area contributed by atoms with Crippen molar-refractivity contribution in [1.29, 1.82) is 0 Å². The summed E-state index contributed by atoms with van der Waals surface area (Å²) in [4.78, 5) is 31.3. The van der Waals surface area contributed by atoms with E-state index >= 15 is 0 Å². The lowest BCUT2D eigenvalue weighted by Crippen LogP contribution is -2.04. The van der Waals surface area contributed by atoms with Gasteiger partial charge >= 0.3 is 5.97 Å². The van der Waals surface area contributed by atoms with E-state index in [9.17, 15) is 9.59 Å². The van der Waals surface area contributed by atoms with Crippen molar-refractivity contribution in [2.75, 3.05) is 11.9 Å². The van der Waals surface area contributed by atoms with Crippen LogP contribution in [0.2, 0.25) is 0 Å². The first-order chi connectivity index (χ1) is 9.56. The predicted molar refractivity (Wildman–Crippen MR) is 76.4 cm³/mol. The van der Waals surface area contributed by atoms with Crippen LogP contribution in [0.3, 0.4) is 0 Å². The second-order valence-corrected chi connectivity index (χ2v) is 5.16. The summed E-state index contributed by atoms with van der Waals surface area (Å²) in [6.45, 7) is 3.71. The number of Topliss-reactive ketones (excluding diaryl/α,β-unsaturated/α-hetero) is 1. The minimum Gasteiger partial charge on any atom is -0.461 e. The fourth-order valence-corrected chi connectivity index (χ4v) is 2.52. The molecule has 2 aromatic heterocycles. The van der Waals surface area contributed by atoms with Crippen molar-refractivity contribution in [3.05, 3.63) is 22.7 Å². The number of rotatable bonds is 5. The minimum absolute atomic E-state index is 0.0299. The normalized spacial score (nSPS) is 10.6. The van der Waals surface area contributed by atoms with Gasteiger partial charge in [0.05, 0.1) is 11.9 Å². The lowest BCUT2D eigenvalue weighted by atomic mass is 10.4. The lowest BCUT2D eigenvalue weighted by Gasteiger charge is -1.95. The molecule has 0 saturated heterocycles. The predicted octanol–water partition coefficient (Wildman–Crippen LogP) is 2.86. The van der Waals surface area contributed by atoms with Crippen LogP contribution >= 0.6 is 27.3 Å². The Labute approximate surface area is 127 Å². The molecule has 0 aliphatic rings. The molecule has 0 spiro atoms. The summed E-state index contributed by atoms with van der Waals surface area (Å²) in [7, 11) is 0. The van der Waals surface area contributed by atoms with Crippen LogP contribution in [0.4, 0.5) is 0 Å². The van der Waals surface area contributed by atoms with Gasteiger partial charge in [-0.15, -0.1) is 11.3 Å². The number of aryl methyl sites for hydroxylation is 1. The summed E-state index contributed by atoms with van der Waals surface area (Å²) in [6.07, 6.45) is 0. The van der Waals surface area contributed by atoms with E-state index in [1.165, 1.54) is 11.3 Å². The average Bonchev–Trinajstić information content (AvgIpc) is 3.04. The zero-order chi connectivity index (χ0) is 14.7. The van der Waals surface area contributed by atoms with Crippen molar-refractivity contribution in [2.24, 2.45) is 0 Å². The maximum atomic E-state index is 11.6. The Bertz CT molecular complexity index is 650. The topological polar surface area (TPSA) is 82.3 Å². The maximum absolute atomic E-state index is 11.6. The number of ketones is 1. The molecule has 0 unspecified atom stereocenters. The van der Waals surface area contributed by atoms with Gasteiger partial charge in [0, 0.05) is 5.38 Å². The zero-order valence-electron chi connectivity index (χ0n) is 10.8. The van der Waals surface area contributed by atoms with Crippen molar-refractivity contribution >= 4 is 39.0 Å². The van der Waals surface area contributed by atoms with E-state index in [1.807, 2.05) is 0 Å². The number of hydrogen-bond donors (Lipinski definition) is 0. The van der Waals surface area contributed by atoms with Gasteiger partial charge in [-0.3, -0.25) is 4.79 Å². The van der Waals surface area contributed by atoms with E-state index in [4.69, 9.17) is 9.15 Å². The van der Waals surface area contributed by atoms with Crippen LogP contribution in [0.1, 0.15) is 33.9 Å². The molecule has 0 saturated carbocycles. The Kier molecular flexibility index (Phi) is 4.66. The molecule has 8 heteroatoms. The number of nitrogens with zero attached hydrogens (tertiary/aromatic N) is 2. The van der Waals surface area contributed by atoms with Crippen LogP contribution in [-0.2, 0) is 4.74 Å². The van der Waals surface area contributed by atoms with Gasteiger partial charge in [0.1, 0.15) is 16.5 Å². The first-order valence-corrected chi connectivity index (χ1v) is 7.76. The van der Waals surface area contributed by atoms with Gasteiger partial charge in [0.15, 0.2) is 5.69 Å². The average molecular weight is 359 g/mol. The number of halogens is 1. The Morgan fingerprint density at radius 2 is 2.20 bits per heavy atom. The quantitative estimate of drug-likeness (QED) is 0.464. The standard InChI is InChI=1S/C12H11BrN2O4S/c1-3-18-12(17)7-5-20-11(14-7)9-6(2)19-10(15-9)8(16)4-13/h5H,3-4H2,1-2H3.